The standard InChI is InChI=1S/C24H29NO3/c1-24(2,3)28-23(27)25-17-16-22(26)18-21(20-12-8-5-9-13-20)15-14-19-10-6-4-7-11-19/h4-15,21H,16-18H2,1-3H3,(H,25,27)/b15-14+. The van der Waals surface area contributed by atoms with Gasteiger partial charge in [-0.3, -0.25) is 4.79 Å². The van der Waals surface area contributed by atoms with Gasteiger partial charge in [-0.05, 0) is 31.9 Å². The van der Waals surface area contributed by atoms with Gasteiger partial charge >= 0.3 is 6.09 Å². The average molecular weight is 380 g/mol. The summed E-state index contributed by atoms with van der Waals surface area (Å²) >= 11 is 0. The maximum Gasteiger partial charge on any atom is 0.407 e. The van der Waals surface area contributed by atoms with Crippen LogP contribution in [0.1, 0.15) is 50.7 Å². The minimum Gasteiger partial charge on any atom is -0.444 e. The number of allylic oxidation sites excluding steroid dienone is 1. The highest BCUT2D eigenvalue weighted by Gasteiger charge is 2.17. The molecule has 0 fully saturated rings. The number of hydrogen-bond acceptors (Lipinski definition) is 3. The predicted octanol–water partition coefficient (Wildman–Crippen LogP) is 5.36. The minimum atomic E-state index is -0.547. The Bertz CT molecular complexity index is 777. The molecule has 0 aliphatic carbocycles. The minimum absolute atomic E-state index is 0.00423. The number of hydrogen-bond donors (Lipinski definition) is 1. The van der Waals surface area contributed by atoms with E-state index < -0.39 is 11.7 Å². The summed E-state index contributed by atoms with van der Waals surface area (Å²) in [6.07, 6.45) is 4.29. The molecule has 2 aromatic carbocycles. The molecule has 0 saturated carbocycles. The molecule has 0 saturated heterocycles. The first kappa shape index (κ1) is 21.4. The fourth-order valence-electron chi connectivity index (χ4n) is 2.75. The second-order valence-electron chi connectivity index (χ2n) is 7.71. The zero-order valence-electron chi connectivity index (χ0n) is 16.9. The molecular weight excluding hydrogens is 350 g/mol. The Morgan fingerprint density at radius 3 is 2.21 bits per heavy atom. The summed E-state index contributed by atoms with van der Waals surface area (Å²) in [6.45, 7) is 5.70. The molecule has 0 aliphatic rings. The first-order valence-corrected chi connectivity index (χ1v) is 9.60. The first-order chi connectivity index (χ1) is 13.3. The maximum absolute atomic E-state index is 12.5. The molecule has 0 heterocycles. The van der Waals surface area contributed by atoms with E-state index >= 15 is 0 Å². The van der Waals surface area contributed by atoms with Gasteiger partial charge in [0.05, 0.1) is 0 Å². The molecule has 28 heavy (non-hydrogen) atoms. The van der Waals surface area contributed by atoms with E-state index in [0.717, 1.165) is 11.1 Å². The van der Waals surface area contributed by atoms with E-state index in [0.29, 0.717) is 6.42 Å². The van der Waals surface area contributed by atoms with Gasteiger partial charge in [0, 0.05) is 25.3 Å². The molecular formula is C24H29NO3. The number of Topliss-reactive ketones (excluding diaryl/α,β-unsaturated/α-hetero) is 1. The highest BCUT2D eigenvalue weighted by molar-refractivity contribution is 5.80. The fraction of sp³-hybridized carbons (Fsp3) is 0.333. The monoisotopic (exact) mass is 379 g/mol. The van der Waals surface area contributed by atoms with Gasteiger partial charge in [-0.1, -0.05) is 72.8 Å². The molecule has 0 radical (unpaired) electrons. The number of alkyl carbamates (subject to hydrolysis) is 1. The predicted molar refractivity (Wildman–Crippen MR) is 113 cm³/mol. The van der Waals surface area contributed by atoms with Crippen molar-refractivity contribution in [2.75, 3.05) is 6.54 Å². The Hall–Kier alpha value is -2.88. The second kappa shape index (κ2) is 10.5. The number of nitrogens with one attached hydrogen (secondary N) is 1. The van der Waals surface area contributed by atoms with Gasteiger partial charge in [-0.25, -0.2) is 4.79 Å². The Morgan fingerprint density at radius 2 is 1.61 bits per heavy atom. The Morgan fingerprint density at radius 1 is 1.00 bits per heavy atom. The number of carbonyl (C=O) groups is 2. The molecule has 2 aromatic rings. The summed E-state index contributed by atoms with van der Waals surface area (Å²) in [5.74, 6) is 0.0954. The average Bonchev–Trinajstić information content (AvgIpc) is 2.65. The summed E-state index contributed by atoms with van der Waals surface area (Å²) in [6, 6.07) is 20.0. The van der Waals surface area contributed by atoms with Crippen LogP contribution in [0.4, 0.5) is 4.79 Å². The lowest BCUT2D eigenvalue weighted by molar-refractivity contribution is -0.119. The largest absolute Gasteiger partial charge is 0.444 e. The lowest BCUT2D eigenvalue weighted by atomic mass is 9.92. The molecule has 1 N–H and O–H groups in total. The van der Waals surface area contributed by atoms with Crippen molar-refractivity contribution in [1.82, 2.24) is 5.32 Å². The van der Waals surface area contributed by atoms with Crippen LogP contribution in [0.25, 0.3) is 6.08 Å². The highest BCUT2D eigenvalue weighted by atomic mass is 16.6. The summed E-state index contributed by atoms with van der Waals surface area (Å²) in [4.78, 5) is 24.2. The first-order valence-electron chi connectivity index (χ1n) is 9.60. The quantitative estimate of drug-likeness (QED) is 0.672. The van der Waals surface area contributed by atoms with Gasteiger partial charge < -0.3 is 10.1 Å². The Labute approximate surface area is 167 Å². The van der Waals surface area contributed by atoms with Gasteiger partial charge in [0.1, 0.15) is 11.4 Å². The van der Waals surface area contributed by atoms with Crippen LogP contribution in [0.15, 0.2) is 66.7 Å². The van der Waals surface area contributed by atoms with Gasteiger partial charge in [0.15, 0.2) is 0 Å². The van der Waals surface area contributed by atoms with E-state index in [1.165, 1.54) is 0 Å². The molecule has 1 atom stereocenters. The number of ether oxygens (including phenoxy) is 1. The van der Waals surface area contributed by atoms with Crippen LogP contribution in [0, 0.1) is 0 Å². The number of benzene rings is 2. The van der Waals surface area contributed by atoms with Gasteiger partial charge in [0.2, 0.25) is 0 Å². The topological polar surface area (TPSA) is 55.4 Å². The summed E-state index contributed by atoms with van der Waals surface area (Å²) < 4.78 is 5.18. The number of amides is 1. The second-order valence-corrected chi connectivity index (χ2v) is 7.71. The van der Waals surface area contributed by atoms with Crippen LogP contribution in [0.5, 0.6) is 0 Å². The Balaban J connectivity index is 1.94. The molecule has 148 valence electrons. The third-order valence-corrected chi connectivity index (χ3v) is 4.07. The zero-order chi connectivity index (χ0) is 20.4. The van der Waals surface area contributed by atoms with E-state index in [4.69, 9.17) is 4.74 Å². The third kappa shape index (κ3) is 8.21. The zero-order valence-corrected chi connectivity index (χ0v) is 16.9. The van der Waals surface area contributed by atoms with Crippen LogP contribution in [-0.2, 0) is 9.53 Å². The van der Waals surface area contributed by atoms with Crippen molar-refractivity contribution in [2.24, 2.45) is 0 Å². The highest BCUT2D eigenvalue weighted by Crippen LogP contribution is 2.23. The summed E-state index contributed by atoms with van der Waals surface area (Å²) in [5, 5.41) is 2.64. The summed E-state index contributed by atoms with van der Waals surface area (Å²) in [5.41, 5.74) is 1.65. The molecule has 0 spiro atoms. The lowest BCUT2D eigenvalue weighted by Gasteiger charge is -2.19. The summed E-state index contributed by atoms with van der Waals surface area (Å²) in [7, 11) is 0. The molecule has 2 rings (SSSR count). The van der Waals surface area contributed by atoms with Gasteiger partial charge in [0.25, 0.3) is 0 Å². The van der Waals surface area contributed by atoms with Crippen molar-refractivity contribution in [2.45, 2.75) is 45.1 Å². The number of rotatable bonds is 8. The smallest absolute Gasteiger partial charge is 0.407 e. The van der Waals surface area contributed by atoms with E-state index in [2.05, 4.69) is 11.4 Å². The van der Waals surface area contributed by atoms with Crippen molar-refractivity contribution in [3.63, 3.8) is 0 Å². The molecule has 0 bridgehead atoms. The number of carbonyl (C=O) groups excluding carboxylic acids is 2. The molecule has 4 heteroatoms. The van der Waals surface area contributed by atoms with Gasteiger partial charge in [-0.15, -0.1) is 0 Å². The molecule has 1 unspecified atom stereocenters. The van der Waals surface area contributed by atoms with Crippen molar-refractivity contribution in [3.8, 4) is 0 Å². The third-order valence-electron chi connectivity index (χ3n) is 4.07. The van der Waals surface area contributed by atoms with Gasteiger partial charge in [-0.2, -0.15) is 0 Å². The fourth-order valence-corrected chi connectivity index (χ4v) is 2.75. The van der Waals surface area contributed by atoms with Crippen LogP contribution in [-0.4, -0.2) is 24.0 Å². The van der Waals surface area contributed by atoms with E-state index in [-0.39, 0.29) is 24.7 Å². The molecule has 1 amide bonds. The van der Waals surface area contributed by atoms with Crippen molar-refractivity contribution < 1.29 is 14.3 Å². The van der Waals surface area contributed by atoms with Crippen LogP contribution in [0.3, 0.4) is 0 Å². The molecule has 0 aromatic heterocycles. The van der Waals surface area contributed by atoms with Crippen molar-refractivity contribution in [1.29, 1.82) is 0 Å². The van der Waals surface area contributed by atoms with Crippen molar-refractivity contribution in [3.05, 3.63) is 77.9 Å². The number of ketones is 1. The molecule has 4 nitrogen and oxygen atoms in total. The lowest BCUT2D eigenvalue weighted by Crippen LogP contribution is -2.33. The Kier molecular flexibility index (Phi) is 8.00. The van der Waals surface area contributed by atoms with Crippen LogP contribution >= 0.6 is 0 Å². The maximum atomic E-state index is 12.5. The van der Waals surface area contributed by atoms with Crippen LogP contribution in [0.2, 0.25) is 0 Å². The van der Waals surface area contributed by atoms with Crippen LogP contribution < -0.4 is 5.32 Å². The normalized spacial score (nSPS) is 12.5. The van der Waals surface area contributed by atoms with E-state index in [1.807, 2.05) is 66.7 Å². The van der Waals surface area contributed by atoms with E-state index in [9.17, 15) is 9.59 Å². The van der Waals surface area contributed by atoms with E-state index in [1.54, 1.807) is 20.8 Å². The SMILES string of the molecule is CC(C)(C)OC(=O)NCCC(=O)CC(/C=C/c1ccccc1)c1ccccc1. The molecule has 0 aliphatic heterocycles. The van der Waals surface area contributed by atoms with Crippen molar-refractivity contribution >= 4 is 18.0 Å².